The summed E-state index contributed by atoms with van der Waals surface area (Å²) in [6.45, 7) is 5.59. The van der Waals surface area contributed by atoms with Gasteiger partial charge in [-0.3, -0.25) is 0 Å². The number of carboxylic acids is 1. The minimum Gasteiger partial charge on any atom is -0.478 e. The molecule has 0 saturated carbocycles. The zero-order valence-corrected chi connectivity index (χ0v) is 10.4. The van der Waals surface area contributed by atoms with Crippen LogP contribution in [0.1, 0.15) is 37.0 Å². The summed E-state index contributed by atoms with van der Waals surface area (Å²) >= 11 is 0. The summed E-state index contributed by atoms with van der Waals surface area (Å²) in [7, 11) is 0. The third-order valence-electron chi connectivity index (χ3n) is 3.82. The van der Waals surface area contributed by atoms with Gasteiger partial charge in [-0.05, 0) is 49.9 Å². The molecule has 3 heteroatoms. The zero-order chi connectivity index (χ0) is 12.4. The molecule has 2 atom stereocenters. The van der Waals surface area contributed by atoms with Crippen molar-refractivity contribution in [1.29, 1.82) is 0 Å². The monoisotopic (exact) mass is 233 g/mol. The predicted octanol–water partition coefficient (Wildman–Crippen LogP) is 3.01. The predicted molar refractivity (Wildman–Crippen MR) is 68.6 cm³/mol. The van der Waals surface area contributed by atoms with Crippen LogP contribution in [0.15, 0.2) is 24.3 Å². The van der Waals surface area contributed by atoms with Gasteiger partial charge in [0.1, 0.15) is 0 Å². The van der Waals surface area contributed by atoms with Crippen molar-refractivity contribution >= 4 is 11.7 Å². The van der Waals surface area contributed by atoms with Crippen LogP contribution in [0.2, 0.25) is 0 Å². The quantitative estimate of drug-likeness (QED) is 0.853. The molecule has 1 N–H and O–H groups in total. The molecule has 0 amide bonds. The van der Waals surface area contributed by atoms with Crippen molar-refractivity contribution < 1.29 is 9.90 Å². The lowest BCUT2D eigenvalue weighted by Gasteiger charge is -2.39. The molecule has 17 heavy (non-hydrogen) atoms. The molecule has 0 bridgehead atoms. The summed E-state index contributed by atoms with van der Waals surface area (Å²) in [5.41, 5.74) is 1.49. The Morgan fingerprint density at radius 2 is 1.94 bits per heavy atom. The van der Waals surface area contributed by atoms with Crippen LogP contribution in [0.3, 0.4) is 0 Å². The molecule has 1 fully saturated rings. The number of anilines is 1. The Bertz CT molecular complexity index is 399. The van der Waals surface area contributed by atoms with Gasteiger partial charge < -0.3 is 10.0 Å². The van der Waals surface area contributed by atoms with Gasteiger partial charge in [0, 0.05) is 18.3 Å². The van der Waals surface area contributed by atoms with Crippen LogP contribution in [0.25, 0.3) is 0 Å². The largest absolute Gasteiger partial charge is 0.478 e. The van der Waals surface area contributed by atoms with Crippen LogP contribution in [0, 0.1) is 5.92 Å². The Balaban J connectivity index is 2.19. The minimum atomic E-state index is -0.864. The van der Waals surface area contributed by atoms with E-state index in [1.54, 1.807) is 12.1 Å². The van der Waals surface area contributed by atoms with E-state index in [0.29, 0.717) is 17.5 Å². The molecule has 1 aromatic carbocycles. The van der Waals surface area contributed by atoms with Crippen molar-refractivity contribution in [3.8, 4) is 0 Å². The molecule has 0 aromatic heterocycles. The molecule has 0 spiro atoms. The normalized spacial score (nSPS) is 24.7. The van der Waals surface area contributed by atoms with Gasteiger partial charge in [-0.15, -0.1) is 0 Å². The molecule has 92 valence electrons. The number of piperidine rings is 1. The van der Waals surface area contributed by atoms with Gasteiger partial charge in [0.15, 0.2) is 0 Å². The van der Waals surface area contributed by atoms with Crippen molar-refractivity contribution in [1.82, 2.24) is 0 Å². The van der Waals surface area contributed by atoms with Gasteiger partial charge >= 0.3 is 5.97 Å². The average Bonchev–Trinajstić information content (AvgIpc) is 2.33. The summed E-state index contributed by atoms with van der Waals surface area (Å²) in [5.74, 6) is -0.167. The fourth-order valence-electron chi connectivity index (χ4n) is 2.50. The number of nitrogens with zero attached hydrogens (tertiary/aromatic N) is 1. The lowest BCUT2D eigenvalue weighted by molar-refractivity contribution is 0.0697. The van der Waals surface area contributed by atoms with Crippen LogP contribution >= 0.6 is 0 Å². The maximum Gasteiger partial charge on any atom is 0.335 e. The highest BCUT2D eigenvalue weighted by molar-refractivity contribution is 5.88. The molecular weight excluding hydrogens is 214 g/mol. The summed E-state index contributed by atoms with van der Waals surface area (Å²) in [4.78, 5) is 13.2. The van der Waals surface area contributed by atoms with Crippen LogP contribution < -0.4 is 4.90 Å². The summed E-state index contributed by atoms with van der Waals surface area (Å²) in [6, 6.07) is 7.72. The van der Waals surface area contributed by atoms with Crippen LogP contribution in [0.5, 0.6) is 0 Å². The molecule has 1 aliphatic rings. The number of aromatic carboxylic acids is 1. The lowest BCUT2D eigenvalue weighted by Crippen LogP contribution is -2.42. The van der Waals surface area contributed by atoms with Crippen LogP contribution in [-0.4, -0.2) is 23.7 Å². The van der Waals surface area contributed by atoms with Crippen molar-refractivity contribution in [2.45, 2.75) is 32.7 Å². The van der Waals surface area contributed by atoms with E-state index in [2.05, 4.69) is 18.7 Å². The van der Waals surface area contributed by atoms with E-state index in [-0.39, 0.29) is 0 Å². The third-order valence-corrected chi connectivity index (χ3v) is 3.82. The van der Waals surface area contributed by atoms with E-state index in [4.69, 9.17) is 5.11 Å². The minimum absolute atomic E-state index is 0.353. The second kappa shape index (κ2) is 4.78. The van der Waals surface area contributed by atoms with E-state index in [0.717, 1.165) is 12.2 Å². The number of carboxylic acid groups (broad SMARTS) is 1. The Labute approximate surface area is 102 Å². The first kappa shape index (κ1) is 12.0. The van der Waals surface area contributed by atoms with Crippen LogP contribution in [-0.2, 0) is 0 Å². The van der Waals surface area contributed by atoms with Gasteiger partial charge in [0.05, 0.1) is 5.56 Å². The molecule has 1 heterocycles. The van der Waals surface area contributed by atoms with Crippen molar-refractivity contribution in [3.63, 3.8) is 0 Å². The molecule has 1 aliphatic heterocycles. The van der Waals surface area contributed by atoms with Gasteiger partial charge in [0.2, 0.25) is 0 Å². The van der Waals surface area contributed by atoms with E-state index in [1.807, 2.05) is 12.1 Å². The van der Waals surface area contributed by atoms with E-state index in [1.165, 1.54) is 12.8 Å². The SMILES string of the molecule is CC1CCCN(c2ccc(C(=O)O)cc2)C1C. The Morgan fingerprint density at radius 1 is 1.29 bits per heavy atom. The first-order valence-corrected chi connectivity index (χ1v) is 6.19. The Hall–Kier alpha value is -1.51. The second-order valence-electron chi connectivity index (χ2n) is 4.91. The Kier molecular flexibility index (Phi) is 3.36. The number of rotatable bonds is 2. The Morgan fingerprint density at radius 3 is 2.53 bits per heavy atom. The summed E-state index contributed by atoms with van der Waals surface area (Å²) < 4.78 is 0. The first-order chi connectivity index (χ1) is 8.09. The summed E-state index contributed by atoms with van der Waals surface area (Å²) in [5, 5.41) is 8.87. The molecule has 3 nitrogen and oxygen atoms in total. The van der Waals surface area contributed by atoms with Gasteiger partial charge in [-0.1, -0.05) is 6.92 Å². The number of benzene rings is 1. The van der Waals surface area contributed by atoms with Gasteiger partial charge in [-0.2, -0.15) is 0 Å². The first-order valence-electron chi connectivity index (χ1n) is 6.19. The highest BCUT2D eigenvalue weighted by Crippen LogP contribution is 2.28. The van der Waals surface area contributed by atoms with Crippen molar-refractivity contribution in [2.24, 2.45) is 5.92 Å². The smallest absolute Gasteiger partial charge is 0.335 e. The van der Waals surface area contributed by atoms with Gasteiger partial charge in [-0.25, -0.2) is 4.79 Å². The third kappa shape index (κ3) is 2.43. The topological polar surface area (TPSA) is 40.5 Å². The molecule has 2 unspecified atom stereocenters. The number of hydrogen-bond donors (Lipinski definition) is 1. The highest BCUT2D eigenvalue weighted by Gasteiger charge is 2.24. The molecule has 2 rings (SSSR count). The van der Waals surface area contributed by atoms with Crippen molar-refractivity contribution in [3.05, 3.63) is 29.8 Å². The van der Waals surface area contributed by atoms with E-state index >= 15 is 0 Å². The number of carbonyl (C=O) groups is 1. The molecule has 1 saturated heterocycles. The molecule has 0 radical (unpaired) electrons. The number of hydrogen-bond acceptors (Lipinski definition) is 2. The molecule has 1 aromatic rings. The lowest BCUT2D eigenvalue weighted by atomic mass is 9.91. The van der Waals surface area contributed by atoms with E-state index < -0.39 is 5.97 Å². The average molecular weight is 233 g/mol. The fraction of sp³-hybridized carbons (Fsp3) is 0.500. The maximum atomic E-state index is 10.8. The molecular formula is C14H19NO2. The standard InChI is InChI=1S/C14H19NO2/c1-10-4-3-9-15(11(10)2)13-7-5-12(6-8-13)14(16)17/h5-8,10-11H,3-4,9H2,1-2H3,(H,16,17). The van der Waals surface area contributed by atoms with Crippen molar-refractivity contribution in [2.75, 3.05) is 11.4 Å². The molecule has 0 aliphatic carbocycles. The zero-order valence-electron chi connectivity index (χ0n) is 10.4. The van der Waals surface area contributed by atoms with E-state index in [9.17, 15) is 4.79 Å². The van der Waals surface area contributed by atoms with Crippen LogP contribution in [0.4, 0.5) is 5.69 Å². The highest BCUT2D eigenvalue weighted by atomic mass is 16.4. The van der Waals surface area contributed by atoms with Gasteiger partial charge in [0.25, 0.3) is 0 Å². The fourth-order valence-corrected chi connectivity index (χ4v) is 2.50. The second-order valence-corrected chi connectivity index (χ2v) is 4.91. The summed E-state index contributed by atoms with van der Waals surface area (Å²) in [6.07, 6.45) is 2.50. The maximum absolute atomic E-state index is 10.8.